The number of amides is 3. The third kappa shape index (κ3) is 4.54. The van der Waals surface area contributed by atoms with Crippen LogP contribution in [-0.2, 0) is 4.74 Å². The summed E-state index contributed by atoms with van der Waals surface area (Å²) in [7, 11) is 0. The van der Waals surface area contributed by atoms with Gasteiger partial charge in [0.15, 0.2) is 0 Å². The van der Waals surface area contributed by atoms with Gasteiger partial charge in [-0.3, -0.25) is 5.43 Å². The van der Waals surface area contributed by atoms with E-state index in [-0.39, 0.29) is 18.2 Å². The van der Waals surface area contributed by atoms with E-state index < -0.39 is 11.8 Å². The van der Waals surface area contributed by atoms with Gasteiger partial charge in [-0.1, -0.05) is 0 Å². The molecule has 9 nitrogen and oxygen atoms in total. The molecule has 2 saturated heterocycles. The smallest absolute Gasteiger partial charge is 0.410 e. The highest BCUT2D eigenvalue weighted by Gasteiger charge is 2.31. The number of aromatic nitrogens is 1. The second-order valence-corrected chi connectivity index (χ2v) is 7.54. The number of urea groups is 1. The first-order valence-electron chi connectivity index (χ1n) is 8.65. The number of carbonyl (C=O) groups is 2. The lowest BCUT2D eigenvalue weighted by Gasteiger charge is -2.24. The fourth-order valence-corrected chi connectivity index (χ4v) is 2.85. The Hall–Kier alpha value is -2.55. The van der Waals surface area contributed by atoms with Gasteiger partial charge in [-0.05, 0) is 39.3 Å². The van der Waals surface area contributed by atoms with Crippen LogP contribution >= 0.6 is 0 Å². The standard InChI is InChI=1S/C17H25N5O4/c1-10-7-12(14-19-15(23)21-20-14)18-13(8-10)25-11-5-6-22(9-11)16(24)26-17(2,3)4/h7-8,11,14,20H,5-6,9H2,1-4H3,(H2,19,21,23)/t11-,14?/m0/s1. The molecule has 2 atom stereocenters. The number of ether oxygens (including phenoxy) is 2. The summed E-state index contributed by atoms with van der Waals surface area (Å²) in [6.45, 7) is 8.51. The van der Waals surface area contributed by atoms with E-state index in [9.17, 15) is 9.59 Å². The number of likely N-dealkylation sites (tertiary alicyclic amines) is 1. The fourth-order valence-electron chi connectivity index (χ4n) is 2.85. The molecular weight excluding hydrogens is 338 g/mol. The summed E-state index contributed by atoms with van der Waals surface area (Å²) in [6.07, 6.45) is -0.171. The summed E-state index contributed by atoms with van der Waals surface area (Å²) < 4.78 is 11.4. The van der Waals surface area contributed by atoms with Crippen molar-refractivity contribution in [2.24, 2.45) is 0 Å². The summed E-state index contributed by atoms with van der Waals surface area (Å²) in [4.78, 5) is 29.5. The molecule has 9 heteroatoms. The lowest BCUT2D eigenvalue weighted by Crippen LogP contribution is -2.36. The molecule has 2 fully saturated rings. The van der Waals surface area contributed by atoms with Crippen molar-refractivity contribution in [3.8, 4) is 5.88 Å². The Morgan fingerprint density at radius 1 is 1.35 bits per heavy atom. The Balaban J connectivity index is 1.62. The minimum atomic E-state index is -0.518. The Labute approximate surface area is 152 Å². The molecule has 1 aromatic rings. The average molecular weight is 363 g/mol. The minimum absolute atomic E-state index is 0.145. The highest BCUT2D eigenvalue weighted by Crippen LogP contribution is 2.22. The highest BCUT2D eigenvalue weighted by atomic mass is 16.6. The zero-order valence-corrected chi connectivity index (χ0v) is 15.5. The Bertz CT molecular complexity index is 703. The van der Waals surface area contributed by atoms with Crippen LogP contribution in [0.2, 0.25) is 0 Å². The first-order chi connectivity index (χ1) is 12.2. The second kappa shape index (κ2) is 6.99. The fraction of sp³-hybridized carbons (Fsp3) is 0.588. The summed E-state index contributed by atoms with van der Waals surface area (Å²) in [5.41, 5.74) is 6.40. The molecule has 3 amide bonds. The van der Waals surface area contributed by atoms with E-state index in [2.05, 4.69) is 21.2 Å². The van der Waals surface area contributed by atoms with E-state index in [1.54, 1.807) is 4.90 Å². The number of rotatable bonds is 3. The molecule has 142 valence electrons. The molecule has 1 unspecified atom stereocenters. The Morgan fingerprint density at radius 3 is 2.77 bits per heavy atom. The lowest BCUT2D eigenvalue weighted by atomic mass is 10.2. The van der Waals surface area contributed by atoms with Gasteiger partial charge in [0.05, 0.1) is 12.2 Å². The van der Waals surface area contributed by atoms with Gasteiger partial charge < -0.3 is 19.7 Å². The molecular formula is C17H25N5O4. The third-order valence-corrected chi connectivity index (χ3v) is 3.95. The van der Waals surface area contributed by atoms with Gasteiger partial charge in [-0.15, -0.1) is 0 Å². The molecule has 0 aromatic carbocycles. The molecule has 0 aliphatic carbocycles. The van der Waals surface area contributed by atoms with Crippen molar-refractivity contribution in [1.82, 2.24) is 26.1 Å². The van der Waals surface area contributed by atoms with E-state index in [0.717, 1.165) is 5.56 Å². The lowest BCUT2D eigenvalue weighted by molar-refractivity contribution is 0.0275. The topological polar surface area (TPSA) is 105 Å². The normalized spacial score (nSPS) is 22.8. The number of hydrazine groups is 1. The summed E-state index contributed by atoms with van der Waals surface area (Å²) in [6, 6.07) is 3.41. The van der Waals surface area contributed by atoms with Crippen LogP contribution < -0.4 is 20.9 Å². The van der Waals surface area contributed by atoms with Gasteiger partial charge in [0, 0.05) is 19.0 Å². The maximum atomic E-state index is 12.1. The molecule has 1 aromatic heterocycles. The van der Waals surface area contributed by atoms with Crippen molar-refractivity contribution in [1.29, 1.82) is 0 Å². The molecule has 2 aliphatic rings. The Kier molecular flexibility index (Phi) is 4.90. The number of hydrogen-bond donors (Lipinski definition) is 3. The van der Waals surface area contributed by atoms with Gasteiger partial charge in [-0.25, -0.2) is 20.0 Å². The second-order valence-electron chi connectivity index (χ2n) is 7.54. The Morgan fingerprint density at radius 2 is 2.12 bits per heavy atom. The number of nitrogens with zero attached hydrogens (tertiary/aromatic N) is 2. The van der Waals surface area contributed by atoms with Gasteiger partial charge in [-0.2, -0.15) is 0 Å². The number of pyridine rings is 1. The quantitative estimate of drug-likeness (QED) is 0.753. The molecule has 0 bridgehead atoms. The number of aryl methyl sites for hydroxylation is 1. The van der Waals surface area contributed by atoms with Crippen molar-refractivity contribution in [3.05, 3.63) is 23.4 Å². The van der Waals surface area contributed by atoms with Crippen LogP contribution in [-0.4, -0.2) is 46.8 Å². The molecule has 26 heavy (non-hydrogen) atoms. The van der Waals surface area contributed by atoms with E-state index >= 15 is 0 Å². The number of carbonyl (C=O) groups excluding carboxylic acids is 2. The van der Waals surface area contributed by atoms with Crippen LogP contribution in [0, 0.1) is 6.92 Å². The van der Waals surface area contributed by atoms with Crippen LogP contribution in [0.15, 0.2) is 12.1 Å². The van der Waals surface area contributed by atoms with Crippen LogP contribution in [0.25, 0.3) is 0 Å². The molecule has 0 saturated carbocycles. The van der Waals surface area contributed by atoms with Crippen LogP contribution in [0.1, 0.15) is 44.6 Å². The number of hydrogen-bond acceptors (Lipinski definition) is 6. The van der Waals surface area contributed by atoms with E-state index in [4.69, 9.17) is 9.47 Å². The van der Waals surface area contributed by atoms with E-state index in [1.165, 1.54) is 0 Å². The van der Waals surface area contributed by atoms with Gasteiger partial charge >= 0.3 is 12.1 Å². The van der Waals surface area contributed by atoms with Gasteiger partial charge in [0.2, 0.25) is 5.88 Å². The molecule has 3 heterocycles. The monoisotopic (exact) mass is 363 g/mol. The van der Waals surface area contributed by atoms with Crippen LogP contribution in [0.5, 0.6) is 5.88 Å². The zero-order valence-electron chi connectivity index (χ0n) is 15.5. The number of nitrogens with one attached hydrogen (secondary N) is 3. The van der Waals surface area contributed by atoms with E-state index in [0.29, 0.717) is 31.1 Å². The van der Waals surface area contributed by atoms with Crippen molar-refractivity contribution >= 4 is 12.1 Å². The molecule has 2 aliphatic heterocycles. The maximum Gasteiger partial charge on any atom is 0.410 e. The molecule has 3 N–H and O–H groups in total. The minimum Gasteiger partial charge on any atom is -0.472 e. The SMILES string of the molecule is Cc1cc(O[C@H]2CCN(C(=O)OC(C)(C)C)C2)nc(C2NNC(=O)N2)c1. The summed E-state index contributed by atoms with van der Waals surface area (Å²) in [5, 5.41) is 2.71. The first-order valence-corrected chi connectivity index (χ1v) is 8.65. The van der Waals surface area contributed by atoms with Crippen molar-refractivity contribution in [2.45, 2.75) is 52.0 Å². The molecule has 3 rings (SSSR count). The average Bonchev–Trinajstić information content (AvgIpc) is 3.14. The summed E-state index contributed by atoms with van der Waals surface area (Å²) >= 11 is 0. The molecule has 0 spiro atoms. The molecule has 0 radical (unpaired) electrons. The summed E-state index contributed by atoms with van der Waals surface area (Å²) in [5.74, 6) is 0.471. The van der Waals surface area contributed by atoms with E-state index in [1.807, 2.05) is 39.8 Å². The predicted molar refractivity (Wildman–Crippen MR) is 93.4 cm³/mol. The highest BCUT2D eigenvalue weighted by molar-refractivity contribution is 5.75. The van der Waals surface area contributed by atoms with Crippen molar-refractivity contribution < 1.29 is 19.1 Å². The third-order valence-electron chi connectivity index (χ3n) is 3.95. The first kappa shape index (κ1) is 18.2. The zero-order chi connectivity index (χ0) is 18.9. The van der Waals surface area contributed by atoms with Crippen LogP contribution in [0.4, 0.5) is 9.59 Å². The van der Waals surface area contributed by atoms with Gasteiger partial charge in [0.25, 0.3) is 0 Å². The maximum absolute atomic E-state index is 12.1. The van der Waals surface area contributed by atoms with Crippen molar-refractivity contribution in [3.63, 3.8) is 0 Å². The predicted octanol–water partition coefficient (Wildman–Crippen LogP) is 1.59. The van der Waals surface area contributed by atoms with Gasteiger partial charge in [0.1, 0.15) is 17.9 Å². The van der Waals surface area contributed by atoms with Crippen LogP contribution in [0.3, 0.4) is 0 Å². The van der Waals surface area contributed by atoms with Crippen molar-refractivity contribution in [2.75, 3.05) is 13.1 Å². The largest absolute Gasteiger partial charge is 0.472 e.